The Morgan fingerprint density at radius 1 is 1.11 bits per heavy atom. The van der Waals surface area contributed by atoms with E-state index in [-0.39, 0.29) is 12.3 Å². The summed E-state index contributed by atoms with van der Waals surface area (Å²) < 4.78 is 0. The Morgan fingerprint density at radius 3 is 1.95 bits per heavy atom. The van der Waals surface area contributed by atoms with E-state index in [9.17, 15) is 9.59 Å². The first kappa shape index (κ1) is 20.1. The Kier molecular flexibility index (Phi) is 15.8. The van der Waals surface area contributed by atoms with Gasteiger partial charge in [0.1, 0.15) is 0 Å². The lowest BCUT2D eigenvalue weighted by Crippen LogP contribution is -2.25. The number of carboxylic acids is 1. The van der Waals surface area contributed by atoms with Crippen LogP contribution in [0, 0.1) is 0 Å². The lowest BCUT2D eigenvalue weighted by Gasteiger charge is -2.12. The van der Waals surface area contributed by atoms with Gasteiger partial charge in [-0.05, 0) is 40.0 Å². The second-order valence-electron chi connectivity index (χ2n) is 3.88. The van der Waals surface area contributed by atoms with Crippen molar-refractivity contribution in [1.82, 2.24) is 15.7 Å². The molecule has 0 rings (SSSR count). The van der Waals surface area contributed by atoms with Crippen LogP contribution in [-0.4, -0.2) is 63.4 Å². The smallest absolute Gasteiger partial charge is 0.303 e. The van der Waals surface area contributed by atoms with Crippen molar-refractivity contribution in [3.05, 3.63) is 0 Å². The van der Waals surface area contributed by atoms with Crippen LogP contribution in [0.4, 0.5) is 0 Å². The number of amides is 1. The third kappa shape index (κ3) is 16.8. The first-order valence-corrected chi connectivity index (χ1v) is 6.31. The van der Waals surface area contributed by atoms with Crippen LogP contribution >= 0.6 is 0 Å². The van der Waals surface area contributed by atoms with Crippen molar-refractivity contribution < 1.29 is 19.5 Å². The van der Waals surface area contributed by atoms with Crippen LogP contribution in [0.15, 0.2) is 0 Å². The first-order valence-electron chi connectivity index (χ1n) is 6.31. The van der Waals surface area contributed by atoms with Gasteiger partial charge in [-0.2, -0.15) is 0 Å². The number of hydroxylamine groups is 2. The van der Waals surface area contributed by atoms with Gasteiger partial charge in [0.15, 0.2) is 0 Å². The molecule has 0 saturated heterocycles. The fourth-order valence-corrected chi connectivity index (χ4v) is 1.09. The fourth-order valence-electron chi connectivity index (χ4n) is 1.09. The molecule has 1 amide bonds. The molecular formula is C12H27N3O4. The van der Waals surface area contributed by atoms with Gasteiger partial charge in [0.05, 0.1) is 7.11 Å². The van der Waals surface area contributed by atoms with Gasteiger partial charge in [0, 0.05) is 19.9 Å². The highest BCUT2D eigenvalue weighted by Gasteiger charge is 2.05. The van der Waals surface area contributed by atoms with Crippen molar-refractivity contribution in [1.29, 1.82) is 0 Å². The number of aliphatic carboxylic acids is 1. The van der Waals surface area contributed by atoms with Crippen LogP contribution in [0.25, 0.3) is 0 Å². The molecule has 0 aromatic rings. The molecule has 7 heteroatoms. The zero-order chi connectivity index (χ0) is 15.1. The normalized spacial score (nSPS) is 9.47. The number of nitrogens with zero attached hydrogens (tertiary/aromatic N) is 1. The molecule has 0 aliphatic carbocycles. The number of carbonyl (C=O) groups is 2. The molecule has 0 radical (unpaired) electrons. The van der Waals surface area contributed by atoms with E-state index in [1.807, 2.05) is 14.1 Å². The number of carboxylic acid groups (broad SMARTS) is 1. The topological polar surface area (TPSA) is 90.9 Å². The highest BCUT2D eigenvalue weighted by molar-refractivity contribution is 5.74. The largest absolute Gasteiger partial charge is 0.481 e. The van der Waals surface area contributed by atoms with Crippen LogP contribution in [0.2, 0.25) is 0 Å². The van der Waals surface area contributed by atoms with Gasteiger partial charge in [-0.25, -0.2) is 5.06 Å². The van der Waals surface area contributed by atoms with Crippen molar-refractivity contribution in [3.63, 3.8) is 0 Å². The fraction of sp³-hybridized carbons (Fsp3) is 0.833. The second kappa shape index (κ2) is 14.9. The monoisotopic (exact) mass is 277 g/mol. The van der Waals surface area contributed by atoms with E-state index >= 15 is 0 Å². The maximum Gasteiger partial charge on any atom is 0.303 e. The Morgan fingerprint density at radius 2 is 1.58 bits per heavy atom. The Labute approximate surface area is 115 Å². The van der Waals surface area contributed by atoms with E-state index in [2.05, 4.69) is 10.6 Å². The average Bonchev–Trinajstić information content (AvgIpc) is 2.38. The summed E-state index contributed by atoms with van der Waals surface area (Å²) in [4.78, 5) is 25.6. The summed E-state index contributed by atoms with van der Waals surface area (Å²) in [7, 11) is 6.77. The molecule has 0 aromatic carbocycles. The first-order chi connectivity index (χ1) is 8.99. The number of rotatable bonds is 9. The zero-order valence-corrected chi connectivity index (χ0v) is 12.4. The molecule has 0 aliphatic rings. The zero-order valence-electron chi connectivity index (χ0n) is 12.4. The molecule has 0 bridgehead atoms. The molecule has 0 saturated carbocycles. The van der Waals surface area contributed by atoms with Crippen LogP contribution in [0.1, 0.15) is 25.7 Å². The summed E-state index contributed by atoms with van der Waals surface area (Å²) in [6.07, 6.45) is 2.36. The van der Waals surface area contributed by atoms with Gasteiger partial charge in [-0.15, -0.1) is 0 Å². The highest BCUT2D eigenvalue weighted by Crippen LogP contribution is 1.93. The van der Waals surface area contributed by atoms with Crippen LogP contribution < -0.4 is 10.6 Å². The molecule has 0 heterocycles. The van der Waals surface area contributed by atoms with E-state index in [1.165, 1.54) is 12.2 Å². The molecule has 3 N–H and O–H groups in total. The Balaban J connectivity index is 0. The molecule has 0 fully saturated rings. The summed E-state index contributed by atoms with van der Waals surface area (Å²) in [5.74, 6) is -0.706. The maximum atomic E-state index is 11.0. The molecule has 0 atom stereocenters. The van der Waals surface area contributed by atoms with Crippen molar-refractivity contribution in [2.45, 2.75) is 25.7 Å². The van der Waals surface area contributed by atoms with Gasteiger partial charge in [0.2, 0.25) is 5.91 Å². The number of nitrogens with one attached hydrogen (secondary N) is 2. The van der Waals surface area contributed by atoms with E-state index in [4.69, 9.17) is 9.94 Å². The quantitative estimate of drug-likeness (QED) is 0.408. The molecule has 19 heavy (non-hydrogen) atoms. The molecule has 0 aromatic heterocycles. The standard InChI is InChI=1S/C7H16N2O2.C5H11NO2/c1-8-6-4-5-7(10)9(2)11-3;1-6-4-2-3-5(7)8/h8H,4-6H2,1-3H3;6H,2-4H2,1H3,(H,7,8). The molecule has 7 nitrogen and oxygen atoms in total. The summed E-state index contributed by atoms with van der Waals surface area (Å²) in [5.41, 5.74) is 0. The molecular weight excluding hydrogens is 250 g/mol. The van der Waals surface area contributed by atoms with Crippen molar-refractivity contribution in [3.8, 4) is 0 Å². The van der Waals surface area contributed by atoms with Gasteiger partial charge in [0.25, 0.3) is 0 Å². The minimum absolute atomic E-state index is 0.0164. The molecule has 0 unspecified atom stereocenters. The van der Waals surface area contributed by atoms with Gasteiger partial charge in [-0.1, -0.05) is 0 Å². The van der Waals surface area contributed by atoms with E-state index in [0.29, 0.717) is 12.8 Å². The van der Waals surface area contributed by atoms with Crippen molar-refractivity contribution >= 4 is 11.9 Å². The predicted octanol–water partition coefficient (Wildman–Crippen LogP) is 0.0764. The van der Waals surface area contributed by atoms with Crippen LogP contribution in [0.3, 0.4) is 0 Å². The lowest BCUT2D eigenvalue weighted by atomic mass is 10.3. The SMILES string of the molecule is CNCCCC(=O)N(C)OC.CNCCCC(=O)O. The lowest BCUT2D eigenvalue weighted by molar-refractivity contribution is -0.168. The summed E-state index contributed by atoms with van der Waals surface area (Å²) >= 11 is 0. The van der Waals surface area contributed by atoms with Crippen molar-refractivity contribution in [2.24, 2.45) is 0 Å². The Hall–Kier alpha value is -1.18. The summed E-state index contributed by atoms with van der Waals surface area (Å²) in [6.45, 7) is 1.65. The third-order valence-corrected chi connectivity index (χ3v) is 2.26. The number of hydrogen-bond acceptors (Lipinski definition) is 5. The summed E-state index contributed by atoms with van der Waals surface area (Å²) in [5, 5.41) is 15.2. The highest BCUT2D eigenvalue weighted by atomic mass is 16.7. The third-order valence-electron chi connectivity index (χ3n) is 2.26. The van der Waals surface area contributed by atoms with E-state index in [1.54, 1.807) is 7.05 Å². The second-order valence-corrected chi connectivity index (χ2v) is 3.88. The van der Waals surface area contributed by atoms with Crippen LogP contribution in [0.5, 0.6) is 0 Å². The van der Waals surface area contributed by atoms with Crippen molar-refractivity contribution in [2.75, 3.05) is 41.3 Å². The van der Waals surface area contributed by atoms with Gasteiger partial charge < -0.3 is 15.7 Å². The predicted molar refractivity (Wildman–Crippen MR) is 73.7 cm³/mol. The average molecular weight is 277 g/mol. The number of hydrogen-bond donors (Lipinski definition) is 3. The minimum Gasteiger partial charge on any atom is -0.481 e. The maximum absolute atomic E-state index is 11.0. The molecule has 0 aliphatic heterocycles. The number of carbonyl (C=O) groups excluding carboxylic acids is 1. The molecule has 114 valence electrons. The van der Waals surface area contributed by atoms with Gasteiger partial charge >= 0.3 is 5.97 Å². The minimum atomic E-state index is -0.722. The van der Waals surface area contributed by atoms with Gasteiger partial charge in [-0.3, -0.25) is 14.4 Å². The Bertz CT molecular complexity index is 237. The molecule has 0 spiro atoms. The van der Waals surface area contributed by atoms with Crippen LogP contribution in [-0.2, 0) is 14.4 Å². The van der Waals surface area contributed by atoms with E-state index < -0.39 is 5.97 Å². The summed E-state index contributed by atoms with van der Waals surface area (Å²) in [6, 6.07) is 0. The van der Waals surface area contributed by atoms with E-state index in [0.717, 1.165) is 19.5 Å².